The van der Waals surface area contributed by atoms with Crippen molar-refractivity contribution in [2.24, 2.45) is 47.3 Å². The van der Waals surface area contributed by atoms with E-state index in [0.717, 1.165) is 5.92 Å². The molecule has 9 unspecified atom stereocenters. The second-order valence-electron chi connectivity index (χ2n) is 6.16. The Balaban J connectivity index is 1.84. The largest absolute Gasteiger partial charge is 0.392 e. The number of carbonyl (C=O) groups excluding carboxylic acids is 1. The van der Waals surface area contributed by atoms with E-state index in [1.54, 1.807) is 0 Å². The van der Waals surface area contributed by atoms with Gasteiger partial charge in [-0.1, -0.05) is 0 Å². The van der Waals surface area contributed by atoms with Crippen molar-refractivity contribution in [1.82, 2.24) is 0 Å². The van der Waals surface area contributed by atoms with Gasteiger partial charge in [-0.05, 0) is 48.3 Å². The second kappa shape index (κ2) is 1.71. The van der Waals surface area contributed by atoms with E-state index in [1.807, 2.05) is 0 Å². The first-order valence-corrected chi connectivity index (χ1v) is 6.02. The summed E-state index contributed by atoms with van der Waals surface area (Å²) in [6.45, 7) is 0. The summed E-state index contributed by atoms with van der Waals surface area (Å²) in [6, 6.07) is 0. The summed E-state index contributed by atoms with van der Waals surface area (Å²) in [5.74, 6) is 4.89. The maximum Gasteiger partial charge on any atom is 0.140 e. The fourth-order valence-corrected chi connectivity index (χ4v) is 6.47. The van der Waals surface area contributed by atoms with Gasteiger partial charge in [0.05, 0.1) is 6.10 Å². The molecular formula is C12H14O2. The topological polar surface area (TPSA) is 37.3 Å². The van der Waals surface area contributed by atoms with Gasteiger partial charge in [-0.15, -0.1) is 0 Å². The van der Waals surface area contributed by atoms with Crippen LogP contribution in [0.25, 0.3) is 0 Å². The Morgan fingerprint density at radius 3 is 2.43 bits per heavy atom. The van der Waals surface area contributed by atoms with Gasteiger partial charge in [-0.3, -0.25) is 4.79 Å². The summed E-state index contributed by atoms with van der Waals surface area (Å²) in [4.78, 5) is 12.1. The molecule has 0 radical (unpaired) electrons. The van der Waals surface area contributed by atoms with Gasteiger partial charge in [0.1, 0.15) is 5.78 Å². The molecule has 2 heteroatoms. The molecule has 0 spiro atoms. The highest BCUT2D eigenvalue weighted by atomic mass is 16.3. The molecule has 14 heavy (non-hydrogen) atoms. The predicted octanol–water partition coefficient (Wildman–Crippen LogP) is 0.694. The maximum atomic E-state index is 12.1. The van der Waals surface area contributed by atoms with Crippen LogP contribution in [0, 0.1) is 47.3 Å². The molecule has 6 aliphatic carbocycles. The Morgan fingerprint density at radius 1 is 0.929 bits per heavy atom. The standard InChI is InChI=1S/C12H14O2/c13-11-7-3-1-2-4-6(7)10-9(11)5(3)8(4)12(10)14/h3-11,13H,1-2H2. The smallest absolute Gasteiger partial charge is 0.140 e. The number of hydrogen-bond donors (Lipinski definition) is 1. The minimum Gasteiger partial charge on any atom is -0.392 e. The third-order valence-corrected chi connectivity index (χ3v) is 6.36. The molecule has 6 saturated carbocycles. The molecule has 0 amide bonds. The molecule has 6 bridgehead atoms. The average molecular weight is 190 g/mol. The zero-order chi connectivity index (χ0) is 9.19. The molecule has 74 valence electrons. The van der Waals surface area contributed by atoms with Gasteiger partial charge in [-0.25, -0.2) is 0 Å². The molecular weight excluding hydrogens is 176 g/mol. The van der Waals surface area contributed by atoms with Gasteiger partial charge in [0, 0.05) is 11.8 Å². The summed E-state index contributed by atoms with van der Waals surface area (Å²) < 4.78 is 0. The van der Waals surface area contributed by atoms with Crippen molar-refractivity contribution in [3.8, 4) is 0 Å². The first-order chi connectivity index (χ1) is 6.80. The van der Waals surface area contributed by atoms with Crippen molar-refractivity contribution in [2.75, 3.05) is 0 Å². The molecule has 0 aromatic rings. The first-order valence-electron chi connectivity index (χ1n) is 6.02. The third kappa shape index (κ3) is 0.410. The van der Waals surface area contributed by atoms with Crippen LogP contribution in [0.4, 0.5) is 0 Å². The van der Waals surface area contributed by atoms with E-state index >= 15 is 0 Å². The number of ketones is 1. The minimum atomic E-state index is -0.0979. The number of fused-ring (bicyclic) bond motifs is 1. The van der Waals surface area contributed by atoms with Crippen molar-refractivity contribution in [1.29, 1.82) is 0 Å². The summed E-state index contributed by atoms with van der Waals surface area (Å²) in [6.07, 6.45) is 2.49. The van der Waals surface area contributed by atoms with Crippen molar-refractivity contribution in [3.63, 3.8) is 0 Å². The summed E-state index contributed by atoms with van der Waals surface area (Å²) in [5.41, 5.74) is 0. The summed E-state index contributed by atoms with van der Waals surface area (Å²) >= 11 is 0. The monoisotopic (exact) mass is 190 g/mol. The average Bonchev–Trinajstić information content (AvgIpc) is 2.82. The second-order valence-corrected chi connectivity index (χ2v) is 6.16. The highest BCUT2D eigenvalue weighted by Crippen LogP contribution is 2.78. The van der Waals surface area contributed by atoms with E-state index in [-0.39, 0.29) is 6.10 Å². The van der Waals surface area contributed by atoms with Crippen LogP contribution in [0.2, 0.25) is 0 Å². The Labute approximate surface area is 82.7 Å². The number of rotatable bonds is 0. The van der Waals surface area contributed by atoms with Gasteiger partial charge in [0.15, 0.2) is 0 Å². The van der Waals surface area contributed by atoms with Crippen molar-refractivity contribution in [2.45, 2.75) is 18.9 Å². The zero-order valence-electron chi connectivity index (χ0n) is 7.97. The summed E-state index contributed by atoms with van der Waals surface area (Å²) in [5, 5.41) is 10.2. The molecule has 0 aliphatic heterocycles. The lowest BCUT2D eigenvalue weighted by Gasteiger charge is -2.50. The van der Waals surface area contributed by atoms with E-state index in [2.05, 4.69) is 0 Å². The molecule has 0 aromatic heterocycles. The van der Waals surface area contributed by atoms with Crippen molar-refractivity contribution in [3.05, 3.63) is 0 Å². The molecule has 0 aromatic carbocycles. The fraction of sp³-hybridized carbons (Fsp3) is 0.917. The van der Waals surface area contributed by atoms with Crippen LogP contribution >= 0.6 is 0 Å². The Kier molecular flexibility index (Phi) is 0.853. The predicted molar refractivity (Wildman–Crippen MR) is 48.2 cm³/mol. The molecule has 6 aliphatic rings. The van der Waals surface area contributed by atoms with Crippen LogP contribution < -0.4 is 0 Å². The van der Waals surface area contributed by atoms with Crippen LogP contribution in [0.3, 0.4) is 0 Å². The highest BCUT2D eigenvalue weighted by Gasteiger charge is 2.80. The molecule has 6 fully saturated rings. The molecule has 1 N–H and O–H groups in total. The highest BCUT2D eigenvalue weighted by molar-refractivity contribution is 5.91. The van der Waals surface area contributed by atoms with Crippen LogP contribution in [0.1, 0.15) is 12.8 Å². The van der Waals surface area contributed by atoms with Gasteiger partial charge >= 0.3 is 0 Å². The van der Waals surface area contributed by atoms with Gasteiger partial charge < -0.3 is 5.11 Å². The zero-order valence-corrected chi connectivity index (χ0v) is 7.97. The molecule has 0 heterocycles. The quantitative estimate of drug-likeness (QED) is 0.610. The van der Waals surface area contributed by atoms with Crippen LogP contribution in [-0.4, -0.2) is 17.0 Å². The van der Waals surface area contributed by atoms with E-state index < -0.39 is 0 Å². The Hall–Kier alpha value is -0.370. The summed E-state index contributed by atoms with van der Waals surface area (Å²) in [7, 11) is 0. The first kappa shape index (κ1) is 7.00. The molecule has 6 rings (SSSR count). The van der Waals surface area contributed by atoms with Crippen LogP contribution in [0.5, 0.6) is 0 Å². The van der Waals surface area contributed by atoms with Gasteiger partial charge in [0.2, 0.25) is 0 Å². The Morgan fingerprint density at radius 2 is 1.64 bits per heavy atom. The van der Waals surface area contributed by atoms with E-state index in [9.17, 15) is 9.90 Å². The van der Waals surface area contributed by atoms with Gasteiger partial charge in [-0.2, -0.15) is 0 Å². The third-order valence-electron chi connectivity index (χ3n) is 6.36. The number of hydrogen-bond acceptors (Lipinski definition) is 2. The molecule has 0 saturated heterocycles. The minimum absolute atomic E-state index is 0.0979. The van der Waals surface area contributed by atoms with E-state index in [4.69, 9.17) is 0 Å². The SMILES string of the molecule is O=C1C2C3C(O)C4C5CCC(C1C53)C24. The molecule has 2 nitrogen and oxygen atoms in total. The molecule has 9 atom stereocenters. The van der Waals surface area contributed by atoms with Crippen molar-refractivity contribution < 1.29 is 9.90 Å². The van der Waals surface area contributed by atoms with E-state index in [1.165, 1.54) is 12.8 Å². The maximum absolute atomic E-state index is 12.1. The number of Topliss-reactive ketones (excluding diaryl/α,β-unsaturated/α-hetero) is 1. The van der Waals surface area contributed by atoms with Crippen LogP contribution in [-0.2, 0) is 4.79 Å². The number of carbonyl (C=O) groups is 1. The fourth-order valence-electron chi connectivity index (χ4n) is 6.47. The number of aliphatic hydroxyl groups excluding tert-OH is 1. The number of aliphatic hydroxyl groups is 1. The van der Waals surface area contributed by atoms with E-state index in [0.29, 0.717) is 47.2 Å². The van der Waals surface area contributed by atoms with Gasteiger partial charge in [0.25, 0.3) is 0 Å². The Bertz CT molecular complexity index is 357. The van der Waals surface area contributed by atoms with Crippen LogP contribution in [0.15, 0.2) is 0 Å². The van der Waals surface area contributed by atoms with Crippen molar-refractivity contribution >= 4 is 5.78 Å². The lowest BCUT2D eigenvalue weighted by molar-refractivity contribution is -0.123. The lowest BCUT2D eigenvalue weighted by Crippen LogP contribution is -2.47. The normalized spacial score (nSPS) is 75.8. The lowest BCUT2D eigenvalue weighted by atomic mass is 9.53.